The van der Waals surface area contributed by atoms with E-state index in [1.807, 2.05) is 11.6 Å². The standard InChI is InChI=1S/C19H22ClFN4O2/c1-12-10-25-17(18(9-22-25)27-14-4-2-3-5-14)11-24(12)19(26)23-13-6-7-16(21)15(20)8-13/h6-9,12,14H,2-5,10-11H2,1H3,(H,23,26). The third kappa shape index (κ3) is 3.74. The lowest BCUT2D eigenvalue weighted by Gasteiger charge is -2.34. The summed E-state index contributed by atoms with van der Waals surface area (Å²) in [5.74, 6) is 0.245. The van der Waals surface area contributed by atoms with Crippen molar-refractivity contribution in [3.05, 3.63) is 40.9 Å². The molecule has 1 atom stereocenters. The summed E-state index contributed by atoms with van der Waals surface area (Å²) >= 11 is 5.80. The van der Waals surface area contributed by atoms with Crippen molar-refractivity contribution in [1.29, 1.82) is 0 Å². The molecule has 0 saturated heterocycles. The minimum absolute atomic E-state index is 0.0233. The van der Waals surface area contributed by atoms with Crippen molar-refractivity contribution in [2.75, 3.05) is 5.32 Å². The number of benzene rings is 1. The molecule has 2 amide bonds. The Hall–Kier alpha value is -2.28. The number of nitrogens with zero attached hydrogens (tertiary/aromatic N) is 3. The largest absolute Gasteiger partial charge is 0.487 e. The summed E-state index contributed by atoms with van der Waals surface area (Å²) in [5, 5.41) is 7.19. The molecule has 1 unspecified atom stereocenters. The van der Waals surface area contributed by atoms with E-state index in [-0.39, 0.29) is 23.2 Å². The van der Waals surface area contributed by atoms with Crippen LogP contribution in [0.2, 0.25) is 5.02 Å². The van der Waals surface area contributed by atoms with E-state index in [9.17, 15) is 9.18 Å². The van der Waals surface area contributed by atoms with Gasteiger partial charge in [-0.15, -0.1) is 0 Å². The van der Waals surface area contributed by atoms with Gasteiger partial charge in [0.1, 0.15) is 5.82 Å². The summed E-state index contributed by atoms with van der Waals surface area (Å²) in [6.45, 7) is 2.98. The fourth-order valence-electron chi connectivity index (χ4n) is 3.70. The highest BCUT2D eigenvalue weighted by Crippen LogP contribution is 2.30. The van der Waals surface area contributed by atoms with Gasteiger partial charge in [0, 0.05) is 5.69 Å². The molecule has 0 bridgehead atoms. The second kappa shape index (κ2) is 7.38. The van der Waals surface area contributed by atoms with Gasteiger partial charge in [0.25, 0.3) is 0 Å². The number of carbonyl (C=O) groups excluding carboxylic acids is 1. The third-order valence-electron chi connectivity index (χ3n) is 5.23. The molecule has 144 valence electrons. The minimum Gasteiger partial charge on any atom is -0.487 e. The van der Waals surface area contributed by atoms with E-state index < -0.39 is 5.82 Å². The molecule has 27 heavy (non-hydrogen) atoms. The zero-order chi connectivity index (χ0) is 19.0. The Bertz CT molecular complexity index is 850. The molecule has 0 spiro atoms. The molecule has 6 nitrogen and oxygen atoms in total. The topological polar surface area (TPSA) is 59.4 Å². The van der Waals surface area contributed by atoms with Crippen molar-refractivity contribution in [2.45, 2.75) is 57.8 Å². The second-order valence-corrected chi connectivity index (χ2v) is 7.61. The molecule has 2 heterocycles. The fourth-order valence-corrected chi connectivity index (χ4v) is 3.88. The summed E-state index contributed by atoms with van der Waals surface area (Å²) in [7, 11) is 0. The molecule has 4 rings (SSSR count). The number of carbonyl (C=O) groups is 1. The van der Waals surface area contributed by atoms with Crippen LogP contribution >= 0.6 is 11.6 Å². The van der Waals surface area contributed by atoms with Crippen LogP contribution in [0, 0.1) is 5.82 Å². The number of hydrogen-bond donors (Lipinski definition) is 1. The van der Waals surface area contributed by atoms with Crippen LogP contribution in [0.15, 0.2) is 24.4 Å². The molecule has 1 aliphatic carbocycles. The van der Waals surface area contributed by atoms with Crippen molar-refractivity contribution >= 4 is 23.3 Å². The van der Waals surface area contributed by atoms with Crippen LogP contribution in [-0.2, 0) is 13.1 Å². The van der Waals surface area contributed by atoms with E-state index in [4.69, 9.17) is 16.3 Å². The average Bonchev–Trinajstić information content (AvgIpc) is 3.28. The third-order valence-corrected chi connectivity index (χ3v) is 5.52. The van der Waals surface area contributed by atoms with Gasteiger partial charge in [-0.1, -0.05) is 11.6 Å². The Morgan fingerprint density at radius 2 is 2.15 bits per heavy atom. The Kier molecular flexibility index (Phi) is 4.95. The summed E-state index contributed by atoms with van der Waals surface area (Å²) in [6, 6.07) is 3.84. The molecule has 0 radical (unpaired) electrons. The predicted molar refractivity (Wildman–Crippen MR) is 101 cm³/mol. The number of anilines is 1. The van der Waals surface area contributed by atoms with Gasteiger partial charge < -0.3 is 15.0 Å². The SMILES string of the molecule is CC1Cn2ncc(OC3CCCC3)c2CN1C(=O)Nc1ccc(F)c(Cl)c1. The first-order valence-corrected chi connectivity index (χ1v) is 9.63. The summed E-state index contributed by atoms with van der Waals surface area (Å²) in [5.41, 5.74) is 1.37. The Morgan fingerprint density at radius 3 is 2.89 bits per heavy atom. The predicted octanol–water partition coefficient (Wildman–Crippen LogP) is 4.43. The van der Waals surface area contributed by atoms with Crippen LogP contribution < -0.4 is 10.1 Å². The van der Waals surface area contributed by atoms with Gasteiger partial charge in [-0.2, -0.15) is 5.10 Å². The van der Waals surface area contributed by atoms with E-state index in [2.05, 4.69) is 10.4 Å². The maximum absolute atomic E-state index is 13.3. The highest BCUT2D eigenvalue weighted by atomic mass is 35.5. The van der Waals surface area contributed by atoms with E-state index in [0.29, 0.717) is 18.8 Å². The molecular formula is C19H22ClFN4O2. The number of rotatable bonds is 3. The number of ether oxygens (including phenoxy) is 1. The maximum atomic E-state index is 13.3. The number of aromatic nitrogens is 2. The molecule has 1 aliphatic heterocycles. The van der Waals surface area contributed by atoms with Crippen LogP contribution in [0.25, 0.3) is 0 Å². The second-order valence-electron chi connectivity index (χ2n) is 7.20. The molecule has 1 fully saturated rings. The molecule has 2 aliphatic rings. The number of fused-ring (bicyclic) bond motifs is 1. The number of hydrogen-bond acceptors (Lipinski definition) is 3. The zero-order valence-electron chi connectivity index (χ0n) is 15.1. The quantitative estimate of drug-likeness (QED) is 0.840. The van der Waals surface area contributed by atoms with Gasteiger partial charge >= 0.3 is 6.03 Å². The Morgan fingerprint density at radius 1 is 1.37 bits per heavy atom. The summed E-state index contributed by atoms with van der Waals surface area (Å²) < 4.78 is 21.3. The van der Waals surface area contributed by atoms with Crippen molar-refractivity contribution in [2.24, 2.45) is 0 Å². The van der Waals surface area contributed by atoms with Crippen LogP contribution in [0.5, 0.6) is 5.75 Å². The fraction of sp³-hybridized carbons (Fsp3) is 0.474. The molecule has 1 aromatic heterocycles. The Labute approximate surface area is 162 Å². The number of amides is 2. The van der Waals surface area contributed by atoms with Gasteiger partial charge in [0.15, 0.2) is 5.75 Å². The van der Waals surface area contributed by atoms with E-state index in [1.165, 1.54) is 31.0 Å². The monoisotopic (exact) mass is 392 g/mol. The van der Waals surface area contributed by atoms with E-state index >= 15 is 0 Å². The van der Waals surface area contributed by atoms with Crippen molar-refractivity contribution in [3.63, 3.8) is 0 Å². The molecule has 1 N–H and O–H groups in total. The first kappa shape index (κ1) is 18.1. The molecule has 1 saturated carbocycles. The van der Waals surface area contributed by atoms with Crippen LogP contribution in [0.1, 0.15) is 38.3 Å². The van der Waals surface area contributed by atoms with Crippen molar-refractivity contribution < 1.29 is 13.9 Å². The van der Waals surface area contributed by atoms with Crippen LogP contribution in [0.4, 0.5) is 14.9 Å². The number of halogens is 2. The van der Waals surface area contributed by atoms with Gasteiger partial charge in [0.2, 0.25) is 0 Å². The zero-order valence-corrected chi connectivity index (χ0v) is 15.9. The summed E-state index contributed by atoms with van der Waals surface area (Å²) in [6.07, 6.45) is 6.51. The van der Waals surface area contributed by atoms with Gasteiger partial charge in [-0.3, -0.25) is 4.68 Å². The lowest BCUT2D eigenvalue weighted by atomic mass is 10.2. The van der Waals surface area contributed by atoms with Gasteiger partial charge in [0.05, 0.1) is 42.1 Å². The number of urea groups is 1. The van der Waals surface area contributed by atoms with Crippen LogP contribution in [0.3, 0.4) is 0 Å². The highest BCUT2D eigenvalue weighted by molar-refractivity contribution is 6.31. The lowest BCUT2D eigenvalue weighted by molar-refractivity contribution is 0.155. The smallest absolute Gasteiger partial charge is 0.322 e. The maximum Gasteiger partial charge on any atom is 0.322 e. The molecule has 1 aromatic carbocycles. The first-order chi connectivity index (χ1) is 13.0. The lowest BCUT2D eigenvalue weighted by Crippen LogP contribution is -2.46. The molecular weight excluding hydrogens is 371 g/mol. The summed E-state index contributed by atoms with van der Waals surface area (Å²) in [4.78, 5) is 14.5. The van der Waals surface area contributed by atoms with Gasteiger partial charge in [-0.05, 0) is 50.8 Å². The first-order valence-electron chi connectivity index (χ1n) is 9.25. The molecule has 8 heteroatoms. The Balaban J connectivity index is 1.48. The number of nitrogens with one attached hydrogen (secondary N) is 1. The van der Waals surface area contributed by atoms with Crippen LogP contribution in [-0.4, -0.2) is 32.9 Å². The molecule has 2 aromatic rings. The minimum atomic E-state index is -0.515. The van der Waals surface area contributed by atoms with Gasteiger partial charge in [-0.25, -0.2) is 9.18 Å². The van der Waals surface area contributed by atoms with Crippen molar-refractivity contribution in [1.82, 2.24) is 14.7 Å². The normalized spacial score (nSPS) is 19.8. The van der Waals surface area contributed by atoms with E-state index in [1.54, 1.807) is 11.1 Å². The van der Waals surface area contributed by atoms with E-state index in [0.717, 1.165) is 24.3 Å². The van der Waals surface area contributed by atoms with Crippen molar-refractivity contribution in [3.8, 4) is 5.75 Å². The highest BCUT2D eigenvalue weighted by Gasteiger charge is 2.31. The average molecular weight is 393 g/mol.